The standard InChI is InChI=1S/C21H30N4O5/c1-15(2)12-17(24-21(28)30-14-16-6-4-3-5-7-16)20(27)23-18(19(22)26)13-25-8-10-29-11-9-25/h3-7,13,15,17H,8-12,14H2,1-2H3,(H2,22,26)(H,23,27)(H,24,28)/b18-13-. The predicted molar refractivity (Wildman–Crippen MR) is 111 cm³/mol. The van der Waals surface area contributed by atoms with Crippen LogP contribution in [-0.2, 0) is 25.7 Å². The number of nitrogens with one attached hydrogen (secondary N) is 2. The first-order chi connectivity index (χ1) is 14.3. The number of nitrogens with zero attached hydrogens (tertiary/aromatic N) is 1. The first kappa shape index (κ1) is 23.2. The molecule has 1 unspecified atom stereocenters. The molecule has 1 aliphatic rings. The van der Waals surface area contributed by atoms with Gasteiger partial charge in [-0.1, -0.05) is 44.2 Å². The van der Waals surface area contributed by atoms with Gasteiger partial charge in [-0.05, 0) is 17.9 Å². The van der Waals surface area contributed by atoms with Crippen LogP contribution in [0.25, 0.3) is 0 Å². The molecule has 30 heavy (non-hydrogen) atoms. The van der Waals surface area contributed by atoms with Crippen LogP contribution in [0.15, 0.2) is 42.2 Å². The van der Waals surface area contributed by atoms with Crippen LogP contribution in [0.2, 0.25) is 0 Å². The number of morpholine rings is 1. The minimum absolute atomic E-state index is 0.0323. The van der Waals surface area contributed by atoms with E-state index in [0.29, 0.717) is 32.7 Å². The van der Waals surface area contributed by atoms with Gasteiger partial charge in [0.05, 0.1) is 13.2 Å². The summed E-state index contributed by atoms with van der Waals surface area (Å²) < 4.78 is 10.5. The Morgan fingerprint density at radius 1 is 1.20 bits per heavy atom. The maximum atomic E-state index is 12.8. The van der Waals surface area contributed by atoms with E-state index in [9.17, 15) is 14.4 Å². The fourth-order valence-electron chi connectivity index (χ4n) is 2.88. The molecule has 0 aromatic heterocycles. The van der Waals surface area contributed by atoms with E-state index in [-0.39, 0.29) is 18.2 Å². The molecule has 4 N–H and O–H groups in total. The predicted octanol–water partition coefficient (Wildman–Crippen LogP) is 1.10. The highest BCUT2D eigenvalue weighted by Crippen LogP contribution is 2.08. The fourth-order valence-corrected chi connectivity index (χ4v) is 2.88. The number of hydrogen-bond donors (Lipinski definition) is 3. The number of carbonyl (C=O) groups excluding carboxylic acids is 3. The molecule has 1 atom stereocenters. The fraction of sp³-hybridized carbons (Fsp3) is 0.476. The van der Waals surface area contributed by atoms with E-state index in [4.69, 9.17) is 15.2 Å². The van der Waals surface area contributed by atoms with Crippen molar-refractivity contribution in [1.82, 2.24) is 15.5 Å². The number of alkyl carbamates (subject to hydrolysis) is 1. The summed E-state index contributed by atoms with van der Waals surface area (Å²) in [7, 11) is 0. The van der Waals surface area contributed by atoms with Crippen molar-refractivity contribution in [3.8, 4) is 0 Å². The molecule has 1 heterocycles. The molecule has 164 valence electrons. The lowest BCUT2D eigenvalue weighted by Crippen LogP contribution is -2.49. The number of nitrogens with two attached hydrogens (primary N) is 1. The van der Waals surface area contributed by atoms with Crippen LogP contribution < -0.4 is 16.4 Å². The Labute approximate surface area is 176 Å². The number of hydrogen-bond acceptors (Lipinski definition) is 6. The molecule has 1 fully saturated rings. The summed E-state index contributed by atoms with van der Waals surface area (Å²) >= 11 is 0. The summed E-state index contributed by atoms with van der Waals surface area (Å²) in [6, 6.07) is 8.35. The Kier molecular flexibility index (Phi) is 9.14. The van der Waals surface area contributed by atoms with Crippen LogP contribution in [0, 0.1) is 5.92 Å². The van der Waals surface area contributed by atoms with Crippen LogP contribution in [0.5, 0.6) is 0 Å². The van der Waals surface area contributed by atoms with Gasteiger partial charge in [0.25, 0.3) is 5.91 Å². The van der Waals surface area contributed by atoms with Crippen molar-refractivity contribution < 1.29 is 23.9 Å². The van der Waals surface area contributed by atoms with Crippen LogP contribution in [-0.4, -0.2) is 55.2 Å². The van der Waals surface area contributed by atoms with Crippen LogP contribution in [0.1, 0.15) is 25.8 Å². The summed E-state index contributed by atoms with van der Waals surface area (Å²) in [6.07, 6.45) is 1.18. The molecule has 1 saturated heterocycles. The van der Waals surface area contributed by atoms with Crippen molar-refractivity contribution in [1.29, 1.82) is 0 Å². The summed E-state index contributed by atoms with van der Waals surface area (Å²) in [5, 5.41) is 5.12. The first-order valence-corrected chi connectivity index (χ1v) is 9.96. The largest absolute Gasteiger partial charge is 0.445 e. The van der Waals surface area contributed by atoms with E-state index >= 15 is 0 Å². The SMILES string of the molecule is CC(C)CC(NC(=O)OCc1ccccc1)C(=O)N/C(=C\N1CCOCC1)C(N)=O. The molecule has 0 aliphatic carbocycles. The number of amides is 3. The van der Waals surface area contributed by atoms with E-state index in [1.165, 1.54) is 6.20 Å². The lowest BCUT2D eigenvalue weighted by molar-refractivity contribution is -0.124. The maximum Gasteiger partial charge on any atom is 0.408 e. The molecule has 9 nitrogen and oxygen atoms in total. The van der Waals surface area contributed by atoms with Gasteiger partial charge in [-0.15, -0.1) is 0 Å². The van der Waals surface area contributed by atoms with Crippen LogP contribution in [0.3, 0.4) is 0 Å². The van der Waals surface area contributed by atoms with E-state index in [2.05, 4.69) is 10.6 Å². The van der Waals surface area contributed by atoms with E-state index in [1.54, 1.807) is 0 Å². The third kappa shape index (κ3) is 8.12. The van der Waals surface area contributed by atoms with Crippen LogP contribution >= 0.6 is 0 Å². The lowest BCUT2D eigenvalue weighted by Gasteiger charge is -2.26. The molecule has 0 bridgehead atoms. The maximum absolute atomic E-state index is 12.8. The highest BCUT2D eigenvalue weighted by Gasteiger charge is 2.25. The number of carbonyl (C=O) groups is 3. The van der Waals surface area contributed by atoms with E-state index in [1.807, 2.05) is 49.1 Å². The Hall–Kier alpha value is -3.07. The minimum Gasteiger partial charge on any atom is -0.445 e. The summed E-state index contributed by atoms with van der Waals surface area (Å²) in [5.74, 6) is -1.17. The topological polar surface area (TPSA) is 123 Å². The van der Waals surface area contributed by atoms with Gasteiger partial charge in [-0.3, -0.25) is 9.59 Å². The molecule has 2 rings (SSSR count). The third-order valence-corrected chi connectivity index (χ3v) is 4.41. The highest BCUT2D eigenvalue weighted by atomic mass is 16.5. The zero-order chi connectivity index (χ0) is 21.9. The van der Waals surface area contributed by atoms with Crippen molar-refractivity contribution in [2.24, 2.45) is 11.7 Å². The van der Waals surface area contributed by atoms with Gasteiger partial charge in [0.15, 0.2) is 0 Å². The average Bonchev–Trinajstić information content (AvgIpc) is 2.72. The molecular weight excluding hydrogens is 388 g/mol. The van der Waals surface area contributed by atoms with Crippen molar-refractivity contribution in [2.75, 3.05) is 26.3 Å². The molecule has 0 spiro atoms. The average molecular weight is 418 g/mol. The van der Waals surface area contributed by atoms with Gasteiger partial charge in [0, 0.05) is 19.3 Å². The normalized spacial score (nSPS) is 15.4. The van der Waals surface area contributed by atoms with Crippen molar-refractivity contribution in [2.45, 2.75) is 32.9 Å². The molecule has 1 aromatic carbocycles. The zero-order valence-corrected chi connectivity index (χ0v) is 17.4. The van der Waals surface area contributed by atoms with Crippen molar-refractivity contribution >= 4 is 17.9 Å². The van der Waals surface area contributed by atoms with Gasteiger partial charge in [0.1, 0.15) is 18.3 Å². The number of rotatable bonds is 9. The molecule has 1 aliphatic heterocycles. The molecule has 1 aromatic rings. The quantitative estimate of drug-likeness (QED) is 0.516. The third-order valence-electron chi connectivity index (χ3n) is 4.41. The highest BCUT2D eigenvalue weighted by molar-refractivity contribution is 5.98. The zero-order valence-electron chi connectivity index (χ0n) is 17.4. The second-order valence-corrected chi connectivity index (χ2v) is 7.43. The monoisotopic (exact) mass is 418 g/mol. The molecular formula is C21H30N4O5. The number of benzene rings is 1. The summed E-state index contributed by atoms with van der Waals surface area (Å²) in [6.45, 7) is 6.18. The van der Waals surface area contributed by atoms with Gasteiger partial charge >= 0.3 is 6.09 Å². The summed E-state index contributed by atoms with van der Waals surface area (Å²) in [4.78, 5) is 38.6. The number of ether oxygens (including phenoxy) is 2. The van der Waals surface area contributed by atoms with Crippen molar-refractivity contribution in [3.63, 3.8) is 0 Å². The van der Waals surface area contributed by atoms with E-state index < -0.39 is 23.9 Å². The van der Waals surface area contributed by atoms with Gasteiger partial charge in [-0.2, -0.15) is 0 Å². The Morgan fingerprint density at radius 2 is 1.87 bits per heavy atom. The second-order valence-electron chi connectivity index (χ2n) is 7.43. The van der Waals surface area contributed by atoms with Crippen LogP contribution in [0.4, 0.5) is 4.79 Å². The molecule has 0 radical (unpaired) electrons. The minimum atomic E-state index is -0.874. The Morgan fingerprint density at radius 3 is 2.47 bits per heavy atom. The smallest absolute Gasteiger partial charge is 0.408 e. The van der Waals surface area contributed by atoms with Gasteiger partial charge in [-0.25, -0.2) is 4.79 Å². The molecule has 3 amide bonds. The van der Waals surface area contributed by atoms with Gasteiger partial charge < -0.3 is 30.7 Å². The second kappa shape index (κ2) is 11.8. The first-order valence-electron chi connectivity index (χ1n) is 9.96. The molecule has 0 saturated carbocycles. The van der Waals surface area contributed by atoms with Gasteiger partial charge in [0.2, 0.25) is 5.91 Å². The summed E-state index contributed by atoms with van der Waals surface area (Å²) in [5.41, 5.74) is 6.23. The van der Waals surface area contributed by atoms with Crippen molar-refractivity contribution in [3.05, 3.63) is 47.8 Å². The molecule has 9 heteroatoms. The number of primary amides is 1. The lowest BCUT2D eigenvalue weighted by atomic mass is 10.0. The Bertz CT molecular complexity index is 745. The van der Waals surface area contributed by atoms with E-state index in [0.717, 1.165) is 5.56 Å². The Balaban J connectivity index is 1.99.